The Kier molecular flexibility index (Phi) is 5.51. The number of aliphatic hydroxyl groups is 1. The normalized spacial score (nSPS) is 18.8. The van der Waals surface area contributed by atoms with Crippen LogP contribution in [0.25, 0.3) is 5.76 Å². The Labute approximate surface area is 162 Å². The molecule has 1 unspecified atom stereocenters. The number of rotatable bonds is 5. The molecule has 0 bridgehead atoms. The quantitative estimate of drug-likeness (QED) is 0.476. The molecule has 0 radical (unpaired) electrons. The largest absolute Gasteiger partial charge is 0.507 e. The van der Waals surface area contributed by atoms with Crippen molar-refractivity contribution in [1.29, 1.82) is 0 Å². The average molecular weight is 386 g/mol. The van der Waals surface area contributed by atoms with Crippen LogP contribution in [0.15, 0.2) is 54.1 Å². The summed E-state index contributed by atoms with van der Waals surface area (Å²) < 4.78 is 5.28. The Bertz CT molecular complexity index is 922. The van der Waals surface area contributed by atoms with Crippen LogP contribution in [0.4, 0.5) is 0 Å². The second-order valence-corrected chi connectivity index (χ2v) is 6.72. The van der Waals surface area contributed by atoms with E-state index in [1.165, 1.54) is 4.90 Å². The minimum Gasteiger partial charge on any atom is -0.507 e. The Morgan fingerprint density at radius 2 is 1.93 bits per heavy atom. The Balaban J connectivity index is 2.20. The van der Waals surface area contributed by atoms with Crippen LogP contribution in [0.5, 0.6) is 5.75 Å². The van der Waals surface area contributed by atoms with Crippen molar-refractivity contribution in [2.45, 2.75) is 19.4 Å². The van der Waals surface area contributed by atoms with E-state index >= 15 is 0 Å². The number of Topliss-reactive ketones (excluding diaryl/α,β-unsaturated/α-hetero) is 1. The van der Waals surface area contributed by atoms with E-state index in [1.54, 1.807) is 49.6 Å². The Hall–Kier alpha value is -2.79. The molecule has 27 heavy (non-hydrogen) atoms. The first-order valence-corrected chi connectivity index (χ1v) is 9.04. The second kappa shape index (κ2) is 7.84. The molecule has 2 aromatic rings. The fourth-order valence-electron chi connectivity index (χ4n) is 3.30. The topological polar surface area (TPSA) is 66.8 Å². The summed E-state index contributed by atoms with van der Waals surface area (Å²) in [6, 6.07) is 13.0. The standard InChI is InChI=1S/C21H20ClNO4/c1-3-10-23-18(13-6-5-9-16(12-13)27-2)17(20(25)21(23)26)19(24)14-7-4-8-15(22)11-14/h4-9,11-12,18,24H,3,10H2,1-2H3/b19-17-. The highest BCUT2D eigenvalue weighted by atomic mass is 35.5. The van der Waals surface area contributed by atoms with Crippen molar-refractivity contribution in [3.8, 4) is 5.75 Å². The highest BCUT2D eigenvalue weighted by molar-refractivity contribution is 6.46. The van der Waals surface area contributed by atoms with E-state index in [1.807, 2.05) is 13.0 Å². The van der Waals surface area contributed by atoms with Crippen molar-refractivity contribution in [1.82, 2.24) is 4.90 Å². The van der Waals surface area contributed by atoms with Crippen LogP contribution < -0.4 is 4.74 Å². The molecule has 1 fully saturated rings. The zero-order chi connectivity index (χ0) is 19.6. The van der Waals surface area contributed by atoms with Crippen molar-refractivity contribution in [2.75, 3.05) is 13.7 Å². The summed E-state index contributed by atoms with van der Waals surface area (Å²) in [5, 5.41) is 11.3. The lowest BCUT2D eigenvalue weighted by atomic mass is 9.95. The molecule has 0 aromatic heterocycles. The molecule has 1 aliphatic rings. The van der Waals surface area contributed by atoms with E-state index in [4.69, 9.17) is 16.3 Å². The van der Waals surface area contributed by atoms with Gasteiger partial charge in [0.2, 0.25) is 0 Å². The summed E-state index contributed by atoms with van der Waals surface area (Å²) in [5.41, 5.74) is 1.15. The summed E-state index contributed by atoms with van der Waals surface area (Å²) in [5.74, 6) is -0.943. The summed E-state index contributed by atoms with van der Waals surface area (Å²) in [6.07, 6.45) is 0.685. The van der Waals surface area contributed by atoms with Crippen molar-refractivity contribution < 1.29 is 19.4 Å². The van der Waals surface area contributed by atoms with Crippen molar-refractivity contribution >= 4 is 29.1 Å². The van der Waals surface area contributed by atoms with Gasteiger partial charge in [-0.2, -0.15) is 0 Å². The molecule has 0 aliphatic carbocycles. The van der Waals surface area contributed by atoms with Crippen LogP contribution in [0, 0.1) is 0 Å². The summed E-state index contributed by atoms with van der Waals surface area (Å²) in [6.45, 7) is 2.33. The number of hydrogen-bond donors (Lipinski definition) is 1. The van der Waals surface area contributed by atoms with Gasteiger partial charge < -0.3 is 14.7 Å². The fraction of sp³-hybridized carbons (Fsp3) is 0.238. The fourth-order valence-corrected chi connectivity index (χ4v) is 3.49. The molecule has 3 rings (SSSR count). The Morgan fingerprint density at radius 1 is 1.19 bits per heavy atom. The first kappa shape index (κ1) is 19.0. The number of benzene rings is 2. The van der Waals surface area contributed by atoms with Crippen molar-refractivity contribution in [2.24, 2.45) is 0 Å². The van der Waals surface area contributed by atoms with E-state index in [0.717, 1.165) is 0 Å². The maximum atomic E-state index is 12.8. The molecular weight excluding hydrogens is 366 g/mol. The smallest absolute Gasteiger partial charge is 0.295 e. The number of carbonyl (C=O) groups is 2. The number of likely N-dealkylation sites (tertiary alicyclic amines) is 1. The molecule has 0 spiro atoms. The van der Waals surface area contributed by atoms with Gasteiger partial charge in [-0.3, -0.25) is 9.59 Å². The molecule has 1 amide bonds. The van der Waals surface area contributed by atoms with Crippen LogP contribution in [0.2, 0.25) is 5.02 Å². The monoisotopic (exact) mass is 385 g/mol. The van der Waals surface area contributed by atoms with E-state index in [0.29, 0.717) is 34.9 Å². The van der Waals surface area contributed by atoms with Crippen molar-refractivity contribution in [3.63, 3.8) is 0 Å². The van der Waals surface area contributed by atoms with Crippen LogP contribution >= 0.6 is 11.6 Å². The lowest BCUT2D eigenvalue weighted by Gasteiger charge is -2.25. The number of ether oxygens (including phenoxy) is 1. The summed E-state index contributed by atoms with van der Waals surface area (Å²) in [7, 11) is 1.55. The van der Waals surface area contributed by atoms with Gasteiger partial charge in [-0.1, -0.05) is 42.8 Å². The molecule has 1 heterocycles. The molecule has 1 N–H and O–H groups in total. The van der Waals surface area contributed by atoms with Gasteiger partial charge in [0.25, 0.3) is 11.7 Å². The van der Waals surface area contributed by atoms with Gasteiger partial charge in [-0.15, -0.1) is 0 Å². The molecule has 0 saturated carbocycles. The summed E-state index contributed by atoms with van der Waals surface area (Å²) >= 11 is 6.02. The predicted octanol–water partition coefficient (Wildman–Crippen LogP) is 4.18. The first-order chi connectivity index (χ1) is 13.0. The number of nitrogens with zero attached hydrogens (tertiary/aromatic N) is 1. The van der Waals surface area contributed by atoms with E-state index in [9.17, 15) is 14.7 Å². The molecule has 5 nitrogen and oxygen atoms in total. The lowest BCUT2D eigenvalue weighted by Crippen LogP contribution is -2.30. The van der Waals surface area contributed by atoms with Gasteiger partial charge in [0, 0.05) is 17.1 Å². The highest BCUT2D eigenvalue weighted by Crippen LogP contribution is 2.40. The number of amides is 1. The van der Waals surface area contributed by atoms with Gasteiger partial charge in [-0.25, -0.2) is 0 Å². The van der Waals surface area contributed by atoms with Gasteiger partial charge in [0.15, 0.2) is 0 Å². The molecule has 2 aromatic carbocycles. The number of hydrogen-bond acceptors (Lipinski definition) is 4. The third-order valence-corrected chi connectivity index (χ3v) is 4.75. The molecule has 6 heteroatoms. The number of carbonyl (C=O) groups excluding carboxylic acids is 2. The van der Waals surface area contributed by atoms with Crippen LogP contribution in [0.3, 0.4) is 0 Å². The van der Waals surface area contributed by atoms with Crippen LogP contribution in [-0.2, 0) is 9.59 Å². The highest BCUT2D eigenvalue weighted by Gasteiger charge is 2.45. The molecule has 1 aliphatic heterocycles. The molecule has 1 atom stereocenters. The minimum absolute atomic E-state index is 0.0592. The molecular formula is C21H20ClNO4. The third kappa shape index (κ3) is 3.55. The molecule has 140 valence electrons. The number of ketones is 1. The lowest BCUT2D eigenvalue weighted by molar-refractivity contribution is -0.139. The number of methoxy groups -OCH3 is 1. The summed E-state index contributed by atoms with van der Waals surface area (Å²) in [4.78, 5) is 26.9. The predicted molar refractivity (Wildman–Crippen MR) is 104 cm³/mol. The molecule has 1 saturated heterocycles. The SMILES string of the molecule is CCCN1C(=O)C(=O)/C(=C(\O)c2cccc(Cl)c2)C1c1cccc(OC)c1. The third-order valence-electron chi connectivity index (χ3n) is 4.51. The number of aliphatic hydroxyl groups excluding tert-OH is 1. The van der Waals surface area contributed by atoms with Gasteiger partial charge in [0.1, 0.15) is 11.5 Å². The number of halogens is 1. The van der Waals surface area contributed by atoms with Gasteiger partial charge >= 0.3 is 0 Å². The van der Waals surface area contributed by atoms with E-state index < -0.39 is 17.7 Å². The van der Waals surface area contributed by atoms with Gasteiger partial charge in [-0.05, 0) is 36.2 Å². The first-order valence-electron chi connectivity index (χ1n) is 8.66. The van der Waals surface area contributed by atoms with Crippen LogP contribution in [0.1, 0.15) is 30.5 Å². The van der Waals surface area contributed by atoms with E-state index in [2.05, 4.69) is 0 Å². The second-order valence-electron chi connectivity index (χ2n) is 6.28. The zero-order valence-corrected chi connectivity index (χ0v) is 15.9. The maximum Gasteiger partial charge on any atom is 0.295 e. The van der Waals surface area contributed by atoms with Crippen molar-refractivity contribution in [3.05, 3.63) is 70.3 Å². The average Bonchev–Trinajstić information content (AvgIpc) is 2.93. The van der Waals surface area contributed by atoms with Crippen LogP contribution in [-0.4, -0.2) is 35.4 Å². The minimum atomic E-state index is -0.700. The maximum absolute atomic E-state index is 12.8. The zero-order valence-electron chi connectivity index (χ0n) is 15.1. The Morgan fingerprint density at radius 3 is 2.59 bits per heavy atom. The van der Waals surface area contributed by atoms with Gasteiger partial charge in [0.05, 0.1) is 18.7 Å². The van der Waals surface area contributed by atoms with E-state index in [-0.39, 0.29) is 11.3 Å².